The van der Waals surface area contributed by atoms with E-state index >= 15 is 0 Å². The molecule has 1 aromatic carbocycles. The summed E-state index contributed by atoms with van der Waals surface area (Å²) in [5, 5.41) is 2.90. The zero-order valence-electron chi connectivity index (χ0n) is 13.7. The number of methoxy groups -OCH3 is 2. The topological polar surface area (TPSA) is 64.9 Å². The summed E-state index contributed by atoms with van der Waals surface area (Å²) in [7, 11) is 3.11. The molecule has 0 aliphatic rings. The Kier molecular flexibility index (Phi) is 4.65. The second kappa shape index (κ2) is 7.04. The molecule has 0 fully saturated rings. The molecule has 3 aromatic rings. The summed E-state index contributed by atoms with van der Waals surface area (Å²) < 4.78 is 12.4. The van der Waals surface area contributed by atoms with E-state index in [4.69, 9.17) is 9.47 Å². The molecule has 24 heavy (non-hydrogen) atoms. The number of hydrogen-bond acceptors (Lipinski definition) is 4. The highest BCUT2D eigenvalue weighted by atomic mass is 16.5. The predicted octanol–water partition coefficient (Wildman–Crippen LogP) is 2.32. The number of ether oxygens (including phenoxy) is 2. The second-order valence-corrected chi connectivity index (χ2v) is 5.28. The molecule has 1 amide bonds. The molecule has 0 aliphatic carbocycles. The monoisotopic (exact) mass is 325 g/mol. The van der Waals surface area contributed by atoms with Crippen LogP contribution < -0.4 is 14.8 Å². The van der Waals surface area contributed by atoms with E-state index in [-0.39, 0.29) is 5.91 Å². The van der Waals surface area contributed by atoms with Crippen LogP contribution in [0, 0.1) is 0 Å². The number of aromatic nitrogens is 2. The van der Waals surface area contributed by atoms with Gasteiger partial charge in [-0.15, -0.1) is 0 Å². The Morgan fingerprint density at radius 3 is 2.62 bits per heavy atom. The van der Waals surface area contributed by atoms with Gasteiger partial charge in [0.15, 0.2) is 0 Å². The molecule has 3 rings (SSSR count). The van der Waals surface area contributed by atoms with Gasteiger partial charge in [-0.2, -0.15) is 0 Å². The number of benzene rings is 1. The van der Waals surface area contributed by atoms with Gasteiger partial charge in [0.2, 0.25) is 0 Å². The fourth-order valence-electron chi connectivity index (χ4n) is 2.51. The van der Waals surface area contributed by atoms with Crippen LogP contribution in [0.1, 0.15) is 16.2 Å². The number of amides is 1. The van der Waals surface area contributed by atoms with Gasteiger partial charge < -0.3 is 19.2 Å². The van der Waals surface area contributed by atoms with Gasteiger partial charge in [-0.1, -0.05) is 6.07 Å². The molecule has 2 aromatic heterocycles. The second-order valence-electron chi connectivity index (χ2n) is 5.28. The molecule has 1 N–H and O–H groups in total. The maximum atomic E-state index is 12.3. The van der Waals surface area contributed by atoms with Gasteiger partial charge >= 0.3 is 0 Å². The van der Waals surface area contributed by atoms with E-state index in [1.807, 2.05) is 35.0 Å². The van der Waals surface area contributed by atoms with Gasteiger partial charge in [-0.05, 0) is 24.3 Å². The molecular formula is C18H19N3O3. The van der Waals surface area contributed by atoms with Gasteiger partial charge in [0, 0.05) is 30.8 Å². The summed E-state index contributed by atoms with van der Waals surface area (Å²) in [6.07, 6.45) is 4.43. The van der Waals surface area contributed by atoms with Crippen molar-refractivity contribution in [1.29, 1.82) is 0 Å². The summed E-state index contributed by atoms with van der Waals surface area (Å²) in [6, 6.07) is 11.0. The molecule has 0 unspecified atom stereocenters. The number of carbonyl (C=O) groups is 1. The predicted molar refractivity (Wildman–Crippen MR) is 90.8 cm³/mol. The third kappa shape index (κ3) is 3.32. The third-order valence-electron chi connectivity index (χ3n) is 3.76. The minimum Gasteiger partial charge on any atom is -0.497 e. The first kappa shape index (κ1) is 15.9. The Morgan fingerprint density at radius 1 is 1.17 bits per heavy atom. The van der Waals surface area contributed by atoms with Crippen molar-refractivity contribution in [3.63, 3.8) is 0 Å². The molecule has 0 spiro atoms. The molecule has 0 saturated heterocycles. The third-order valence-corrected chi connectivity index (χ3v) is 3.76. The number of rotatable bonds is 6. The van der Waals surface area contributed by atoms with Crippen LogP contribution in [0.15, 0.2) is 48.8 Å². The zero-order valence-corrected chi connectivity index (χ0v) is 13.7. The van der Waals surface area contributed by atoms with Gasteiger partial charge in [0.25, 0.3) is 5.91 Å². The molecule has 0 atom stereocenters. The Bertz CT molecular complexity index is 835. The van der Waals surface area contributed by atoms with Crippen molar-refractivity contribution in [2.45, 2.75) is 6.42 Å². The van der Waals surface area contributed by atoms with Crippen molar-refractivity contribution in [1.82, 2.24) is 14.7 Å². The molecular weight excluding hydrogens is 306 g/mol. The van der Waals surface area contributed by atoms with Gasteiger partial charge in [-0.3, -0.25) is 4.79 Å². The first-order valence-corrected chi connectivity index (χ1v) is 7.63. The van der Waals surface area contributed by atoms with Crippen molar-refractivity contribution < 1.29 is 14.3 Å². The van der Waals surface area contributed by atoms with Crippen molar-refractivity contribution >= 4 is 11.4 Å². The smallest absolute Gasteiger partial charge is 0.251 e. The van der Waals surface area contributed by atoms with Crippen molar-refractivity contribution in [2.24, 2.45) is 0 Å². The van der Waals surface area contributed by atoms with Crippen LogP contribution in [0.3, 0.4) is 0 Å². The standard InChI is InChI=1S/C18H19N3O3/c1-23-15-9-13(10-16(11-15)24-2)18(22)19-7-6-17-20-12-14-5-3-4-8-21(14)17/h3-5,8-12H,6-7H2,1-2H3,(H,19,22). The molecule has 0 radical (unpaired) electrons. The number of imidazole rings is 1. The number of carbonyl (C=O) groups excluding carboxylic acids is 1. The van der Waals surface area contributed by atoms with Crippen LogP contribution in [0.25, 0.3) is 5.52 Å². The lowest BCUT2D eigenvalue weighted by Crippen LogP contribution is -2.26. The van der Waals surface area contributed by atoms with E-state index in [2.05, 4.69) is 10.3 Å². The Hall–Kier alpha value is -3.02. The minimum absolute atomic E-state index is 0.173. The molecule has 6 nitrogen and oxygen atoms in total. The summed E-state index contributed by atoms with van der Waals surface area (Å²) in [4.78, 5) is 16.7. The average Bonchev–Trinajstić information content (AvgIpc) is 3.04. The van der Waals surface area contributed by atoms with E-state index in [1.54, 1.807) is 32.4 Å². The summed E-state index contributed by atoms with van der Waals surface area (Å²) in [5.74, 6) is 1.90. The largest absolute Gasteiger partial charge is 0.497 e. The number of nitrogens with zero attached hydrogens (tertiary/aromatic N) is 2. The SMILES string of the molecule is COc1cc(OC)cc(C(=O)NCCc2ncc3ccccn23)c1. The molecule has 2 heterocycles. The summed E-state index contributed by atoms with van der Waals surface area (Å²) in [6.45, 7) is 0.492. The molecule has 124 valence electrons. The number of fused-ring (bicyclic) bond motifs is 1. The summed E-state index contributed by atoms with van der Waals surface area (Å²) in [5.41, 5.74) is 1.54. The lowest BCUT2D eigenvalue weighted by Gasteiger charge is -2.09. The van der Waals surface area contributed by atoms with E-state index in [0.29, 0.717) is 30.0 Å². The first-order chi connectivity index (χ1) is 11.7. The van der Waals surface area contributed by atoms with Crippen LogP contribution in [-0.2, 0) is 6.42 Å². The highest BCUT2D eigenvalue weighted by Crippen LogP contribution is 2.22. The number of pyridine rings is 1. The van der Waals surface area contributed by atoms with E-state index in [0.717, 1.165) is 11.3 Å². The molecule has 0 aliphatic heterocycles. The Labute approximate surface area is 140 Å². The maximum Gasteiger partial charge on any atom is 0.251 e. The van der Waals surface area contributed by atoms with Crippen LogP contribution >= 0.6 is 0 Å². The van der Waals surface area contributed by atoms with E-state index < -0.39 is 0 Å². The molecule has 0 saturated carbocycles. The normalized spacial score (nSPS) is 10.6. The lowest BCUT2D eigenvalue weighted by molar-refractivity contribution is 0.0953. The van der Waals surface area contributed by atoms with Crippen molar-refractivity contribution in [3.8, 4) is 11.5 Å². The number of hydrogen-bond donors (Lipinski definition) is 1. The molecule has 0 bridgehead atoms. The van der Waals surface area contributed by atoms with Gasteiger partial charge in [0.05, 0.1) is 25.9 Å². The van der Waals surface area contributed by atoms with Crippen LogP contribution in [0.4, 0.5) is 0 Å². The fourth-order valence-corrected chi connectivity index (χ4v) is 2.51. The Morgan fingerprint density at radius 2 is 1.92 bits per heavy atom. The van der Waals surface area contributed by atoms with Gasteiger partial charge in [0.1, 0.15) is 17.3 Å². The Balaban J connectivity index is 1.65. The molecule has 6 heteroatoms. The quantitative estimate of drug-likeness (QED) is 0.755. The fraction of sp³-hybridized carbons (Fsp3) is 0.222. The van der Waals surface area contributed by atoms with Crippen LogP contribution in [0.5, 0.6) is 11.5 Å². The summed E-state index contributed by atoms with van der Waals surface area (Å²) >= 11 is 0. The van der Waals surface area contributed by atoms with E-state index in [1.165, 1.54) is 0 Å². The van der Waals surface area contributed by atoms with Gasteiger partial charge in [-0.25, -0.2) is 4.98 Å². The zero-order chi connectivity index (χ0) is 16.9. The van der Waals surface area contributed by atoms with Crippen LogP contribution in [0.2, 0.25) is 0 Å². The maximum absolute atomic E-state index is 12.3. The highest BCUT2D eigenvalue weighted by molar-refractivity contribution is 5.95. The van der Waals surface area contributed by atoms with Crippen molar-refractivity contribution in [3.05, 3.63) is 60.2 Å². The first-order valence-electron chi connectivity index (χ1n) is 7.63. The highest BCUT2D eigenvalue weighted by Gasteiger charge is 2.10. The lowest BCUT2D eigenvalue weighted by atomic mass is 10.2. The van der Waals surface area contributed by atoms with Crippen molar-refractivity contribution in [2.75, 3.05) is 20.8 Å². The minimum atomic E-state index is -0.173. The number of nitrogens with one attached hydrogen (secondary N) is 1. The average molecular weight is 325 g/mol. The van der Waals surface area contributed by atoms with Crippen LogP contribution in [-0.4, -0.2) is 36.1 Å². The van der Waals surface area contributed by atoms with E-state index in [9.17, 15) is 4.79 Å².